The number of methoxy groups -OCH3 is 1. The van der Waals surface area contributed by atoms with Gasteiger partial charge in [0.25, 0.3) is 5.56 Å². The normalized spacial score (nSPS) is 17.1. The molecule has 7 heteroatoms. The predicted octanol–water partition coefficient (Wildman–Crippen LogP) is 1.18. The van der Waals surface area contributed by atoms with Crippen LogP contribution in [-0.4, -0.2) is 53.7 Å². The van der Waals surface area contributed by atoms with Crippen LogP contribution in [0.3, 0.4) is 0 Å². The molecule has 1 N–H and O–H groups in total. The number of hydrogen-bond donors (Lipinski definition) is 1. The van der Waals surface area contributed by atoms with Crippen LogP contribution in [0.15, 0.2) is 41.5 Å². The zero-order valence-corrected chi connectivity index (χ0v) is 14.8. The molecule has 26 heavy (non-hydrogen) atoms. The van der Waals surface area contributed by atoms with E-state index < -0.39 is 0 Å². The molecular formula is C19H23N3O4. The first-order chi connectivity index (χ1) is 12.6. The molecule has 138 valence electrons. The zero-order chi connectivity index (χ0) is 18.4. The van der Waals surface area contributed by atoms with Gasteiger partial charge in [-0.3, -0.25) is 9.59 Å². The molecule has 0 saturated carbocycles. The van der Waals surface area contributed by atoms with Crippen LogP contribution in [0.5, 0.6) is 5.75 Å². The molecule has 1 aliphatic heterocycles. The molecule has 0 bridgehead atoms. The van der Waals surface area contributed by atoms with Crippen molar-refractivity contribution in [1.82, 2.24) is 14.9 Å². The molecule has 0 unspecified atom stereocenters. The highest BCUT2D eigenvalue weighted by Crippen LogP contribution is 2.16. The number of morpholine rings is 1. The Labute approximate surface area is 152 Å². The summed E-state index contributed by atoms with van der Waals surface area (Å²) in [6.45, 7) is 1.69. The third kappa shape index (κ3) is 4.92. The average Bonchev–Trinajstić information content (AvgIpc) is 2.67. The SMILES string of the molecule is COc1cccc(CC(=O)N2CCO[C@@H](CCc3cc(=O)[nH]cn3)C2)c1. The van der Waals surface area contributed by atoms with Gasteiger partial charge in [-0.1, -0.05) is 12.1 Å². The molecule has 0 spiro atoms. The number of ether oxygens (including phenoxy) is 2. The third-order valence-corrected chi connectivity index (χ3v) is 4.44. The van der Waals surface area contributed by atoms with Crippen molar-refractivity contribution < 1.29 is 14.3 Å². The number of carbonyl (C=O) groups excluding carboxylic acids is 1. The van der Waals surface area contributed by atoms with Crippen molar-refractivity contribution >= 4 is 5.91 Å². The van der Waals surface area contributed by atoms with Crippen molar-refractivity contribution in [3.8, 4) is 5.75 Å². The lowest BCUT2D eigenvalue weighted by molar-refractivity contribution is -0.138. The van der Waals surface area contributed by atoms with Crippen LogP contribution in [0.2, 0.25) is 0 Å². The number of carbonyl (C=O) groups is 1. The van der Waals surface area contributed by atoms with Gasteiger partial charge in [0.15, 0.2) is 0 Å². The van der Waals surface area contributed by atoms with Crippen molar-refractivity contribution in [3.05, 3.63) is 58.3 Å². The first-order valence-corrected chi connectivity index (χ1v) is 8.70. The van der Waals surface area contributed by atoms with Gasteiger partial charge in [0.1, 0.15) is 5.75 Å². The number of nitrogens with zero attached hydrogens (tertiary/aromatic N) is 2. The van der Waals surface area contributed by atoms with Crippen molar-refractivity contribution in [3.63, 3.8) is 0 Å². The summed E-state index contributed by atoms with van der Waals surface area (Å²) in [7, 11) is 1.61. The summed E-state index contributed by atoms with van der Waals surface area (Å²) in [6.07, 6.45) is 3.08. The van der Waals surface area contributed by atoms with E-state index in [9.17, 15) is 9.59 Å². The molecule has 7 nitrogen and oxygen atoms in total. The fraction of sp³-hybridized carbons (Fsp3) is 0.421. The van der Waals surface area contributed by atoms with E-state index in [2.05, 4.69) is 9.97 Å². The maximum Gasteiger partial charge on any atom is 0.250 e. The molecule has 1 atom stereocenters. The van der Waals surface area contributed by atoms with Crippen molar-refractivity contribution in [2.45, 2.75) is 25.4 Å². The minimum atomic E-state index is -0.158. The summed E-state index contributed by atoms with van der Waals surface area (Å²) in [5.41, 5.74) is 1.51. The van der Waals surface area contributed by atoms with E-state index in [0.29, 0.717) is 32.5 Å². The number of H-pyrrole nitrogens is 1. The summed E-state index contributed by atoms with van der Waals surface area (Å²) in [5, 5.41) is 0. The minimum Gasteiger partial charge on any atom is -0.497 e. The number of aromatic amines is 1. The molecule has 0 radical (unpaired) electrons. The molecule has 1 aliphatic rings. The zero-order valence-electron chi connectivity index (χ0n) is 14.8. The maximum absolute atomic E-state index is 12.6. The summed E-state index contributed by atoms with van der Waals surface area (Å²) < 4.78 is 11.0. The number of aromatic nitrogens is 2. The van der Waals surface area contributed by atoms with E-state index in [-0.39, 0.29) is 17.6 Å². The van der Waals surface area contributed by atoms with Crippen LogP contribution < -0.4 is 10.3 Å². The number of amides is 1. The highest BCUT2D eigenvalue weighted by Gasteiger charge is 2.24. The topological polar surface area (TPSA) is 84.5 Å². The highest BCUT2D eigenvalue weighted by atomic mass is 16.5. The fourth-order valence-electron chi connectivity index (χ4n) is 3.04. The smallest absolute Gasteiger partial charge is 0.250 e. The number of hydrogen-bond acceptors (Lipinski definition) is 5. The number of rotatable bonds is 6. The van der Waals surface area contributed by atoms with Crippen LogP contribution in [0.25, 0.3) is 0 Å². The van der Waals surface area contributed by atoms with Gasteiger partial charge in [0, 0.05) is 24.8 Å². The van der Waals surface area contributed by atoms with E-state index in [1.54, 1.807) is 7.11 Å². The van der Waals surface area contributed by atoms with Crippen LogP contribution in [-0.2, 0) is 22.4 Å². The molecule has 1 aromatic heterocycles. The average molecular weight is 357 g/mol. The quantitative estimate of drug-likeness (QED) is 0.839. The fourth-order valence-corrected chi connectivity index (χ4v) is 3.04. The van der Waals surface area contributed by atoms with Crippen molar-refractivity contribution in [2.75, 3.05) is 26.8 Å². The monoisotopic (exact) mass is 357 g/mol. The van der Waals surface area contributed by atoms with Crippen molar-refractivity contribution in [2.24, 2.45) is 0 Å². The minimum absolute atomic E-state index is 0.0425. The van der Waals surface area contributed by atoms with E-state index in [0.717, 1.165) is 23.4 Å². The molecule has 1 aromatic carbocycles. The van der Waals surface area contributed by atoms with Crippen LogP contribution >= 0.6 is 0 Å². The van der Waals surface area contributed by atoms with Crippen LogP contribution in [0.4, 0.5) is 0 Å². The van der Waals surface area contributed by atoms with E-state index in [1.807, 2.05) is 29.2 Å². The lowest BCUT2D eigenvalue weighted by atomic mass is 10.1. The Kier molecular flexibility index (Phi) is 6.01. The second-order valence-electron chi connectivity index (χ2n) is 6.30. The molecule has 1 fully saturated rings. The molecule has 2 aromatic rings. The second-order valence-corrected chi connectivity index (χ2v) is 6.30. The number of benzene rings is 1. The number of nitrogens with one attached hydrogen (secondary N) is 1. The van der Waals surface area contributed by atoms with Gasteiger partial charge in [-0.05, 0) is 30.5 Å². The second kappa shape index (κ2) is 8.62. The molecule has 3 rings (SSSR count). The Morgan fingerprint density at radius 1 is 1.42 bits per heavy atom. The lowest BCUT2D eigenvalue weighted by Crippen LogP contribution is -2.46. The third-order valence-electron chi connectivity index (χ3n) is 4.44. The summed E-state index contributed by atoms with van der Waals surface area (Å²) in [4.78, 5) is 32.4. The highest BCUT2D eigenvalue weighted by molar-refractivity contribution is 5.79. The predicted molar refractivity (Wildman–Crippen MR) is 96.2 cm³/mol. The standard InChI is InChI=1S/C19H23N3O4/c1-25-16-4-2-3-14(9-16)10-19(24)22-7-8-26-17(12-22)6-5-15-11-18(23)21-13-20-15/h2-4,9,11,13,17H,5-8,10,12H2,1H3,(H,20,21,23)/t17-/m0/s1. The molecular weight excluding hydrogens is 334 g/mol. The van der Waals surface area contributed by atoms with Crippen LogP contribution in [0.1, 0.15) is 17.7 Å². The number of aryl methyl sites for hydroxylation is 1. The Hall–Kier alpha value is -2.67. The molecule has 1 amide bonds. The Morgan fingerprint density at radius 3 is 3.12 bits per heavy atom. The summed E-state index contributed by atoms with van der Waals surface area (Å²) in [5.74, 6) is 0.835. The van der Waals surface area contributed by atoms with E-state index in [4.69, 9.17) is 9.47 Å². The van der Waals surface area contributed by atoms with Crippen molar-refractivity contribution in [1.29, 1.82) is 0 Å². The van der Waals surface area contributed by atoms with Gasteiger partial charge in [-0.2, -0.15) is 0 Å². The summed E-state index contributed by atoms with van der Waals surface area (Å²) >= 11 is 0. The Bertz CT molecular complexity index is 805. The van der Waals surface area contributed by atoms with Gasteiger partial charge in [-0.25, -0.2) is 4.98 Å². The largest absolute Gasteiger partial charge is 0.497 e. The lowest BCUT2D eigenvalue weighted by Gasteiger charge is -2.33. The Morgan fingerprint density at radius 2 is 2.31 bits per heavy atom. The first-order valence-electron chi connectivity index (χ1n) is 8.70. The van der Waals surface area contributed by atoms with Gasteiger partial charge in [0.2, 0.25) is 5.91 Å². The summed E-state index contributed by atoms with van der Waals surface area (Å²) in [6, 6.07) is 9.06. The maximum atomic E-state index is 12.6. The van der Waals surface area contributed by atoms with Gasteiger partial charge >= 0.3 is 0 Å². The molecule has 2 heterocycles. The van der Waals surface area contributed by atoms with Gasteiger partial charge in [-0.15, -0.1) is 0 Å². The first kappa shape index (κ1) is 18.1. The molecule has 1 saturated heterocycles. The molecule has 0 aliphatic carbocycles. The van der Waals surface area contributed by atoms with Gasteiger partial charge < -0.3 is 19.4 Å². The van der Waals surface area contributed by atoms with E-state index >= 15 is 0 Å². The van der Waals surface area contributed by atoms with E-state index in [1.165, 1.54) is 12.4 Å². The van der Waals surface area contributed by atoms with Gasteiger partial charge in [0.05, 0.1) is 32.6 Å². The Balaban J connectivity index is 1.53. The van der Waals surface area contributed by atoms with Crippen LogP contribution in [0, 0.1) is 0 Å².